The lowest BCUT2D eigenvalue weighted by molar-refractivity contribution is 0.300. The van der Waals surface area contributed by atoms with Crippen molar-refractivity contribution in [3.05, 3.63) is 90.0 Å². The Bertz CT molecular complexity index is 1110. The Morgan fingerprint density at radius 1 is 1.04 bits per heavy atom. The standard InChI is InChI=1S/C22H16N4O/c23-14-17(22-25-19-9-2-3-10-20(19)26-22)13-16-7-1-4-11-21(16)27-15-18-8-5-6-12-24-18/h1-13H,15H2,(H,25,26)/b17-13-. The summed E-state index contributed by atoms with van der Waals surface area (Å²) in [6.07, 6.45) is 3.52. The lowest BCUT2D eigenvalue weighted by Gasteiger charge is -2.09. The SMILES string of the molecule is N#C/C(=C/c1ccccc1OCc1ccccn1)c1nc2ccccc2[nH]1. The number of pyridine rings is 1. The maximum Gasteiger partial charge on any atom is 0.149 e. The van der Waals surface area contributed by atoms with Gasteiger partial charge in [0, 0.05) is 11.8 Å². The molecule has 1 N–H and O–H groups in total. The number of benzene rings is 2. The number of H-pyrrole nitrogens is 1. The van der Waals surface area contributed by atoms with Crippen LogP contribution in [-0.2, 0) is 6.61 Å². The molecule has 130 valence electrons. The van der Waals surface area contributed by atoms with Crippen LogP contribution in [0.15, 0.2) is 72.9 Å². The summed E-state index contributed by atoms with van der Waals surface area (Å²) in [7, 11) is 0. The molecular weight excluding hydrogens is 336 g/mol. The molecule has 0 radical (unpaired) electrons. The first-order valence-corrected chi connectivity index (χ1v) is 8.52. The molecule has 0 atom stereocenters. The van der Waals surface area contributed by atoms with E-state index in [2.05, 4.69) is 21.0 Å². The predicted molar refractivity (Wildman–Crippen MR) is 105 cm³/mol. The van der Waals surface area contributed by atoms with Crippen molar-refractivity contribution in [1.82, 2.24) is 15.0 Å². The van der Waals surface area contributed by atoms with Gasteiger partial charge in [0.2, 0.25) is 0 Å². The fourth-order valence-electron chi connectivity index (χ4n) is 2.76. The number of aromatic nitrogens is 3. The van der Waals surface area contributed by atoms with E-state index in [0.717, 1.165) is 22.3 Å². The van der Waals surface area contributed by atoms with E-state index in [9.17, 15) is 5.26 Å². The van der Waals surface area contributed by atoms with Gasteiger partial charge in [0.05, 0.1) is 22.3 Å². The van der Waals surface area contributed by atoms with E-state index in [-0.39, 0.29) is 0 Å². The highest BCUT2D eigenvalue weighted by Crippen LogP contribution is 2.25. The number of nitrogens with one attached hydrogen (secondary N) is 1. The van der Waals surface area contributed by atoms with Crippen molar-refractivity contribution >= 4 is 22.7 Å². The van der Waals surface area contributed by atoms with E-state index in [1.165, 1.54) is 0 Å². The molecule has 5 heteroatoms. The third-order valence-corrected chi connectivity index (χ3v) is 4.09. The first-order chi connectivity index (χ1) is 13.3. The quantitative estimate of drug-likeness (QED) is 0.533. The molecule has 2 heterocycles. The topological polar surface area (TPSA) is 74.6 Å². The van der Waals surface area contributed by atoms with Crippen LogP contribution < -0.4 is 4.74 Å². The van der Waals surface area contributed by atoms with E-state index in [1.807, 2.05) is 66.7 Å². The predicted octanol–water partition coefficient (Wildman–Crippen LogP) is 4.60. The molecule has 0 spiro atoms. The van der Waals surface area contributed by atoms with Crippen molar-refractivity contribution < 1.29 is 4.74 Å². The van der Waals surface area contributed by atoms with Crippen molar-refractivity contribution in [3.63, 3.8) is 0 Å². The normalized spacial score (nSPS) is 11.3. The second-order valence-corrected chi connectivity index (χ2v) is 5.92. The van der Waals surface area contributed by atoms with Gasteiger partial charge in [-0.3, -0.25) is 4.98 Å². The van der Waals surface area contributed by atoms with Crippen LogP contribution in [-0.4, -0.2) is 15.0 Å². The Kier molecular flexibility index (Phi) is 4.62. The number of imidazole rings is 1. The number of hydrogen-bond donors (Lipinski definition) is 1. The number of rotatable bonds is 5. The summed E-state index contributed by atoms with van der Waals surface area (Å²) < 4.78 is 5.92. The van der Waals surface area contributed by atoms with E-state index < -0.39 is 0 Å². The number of para-hydroxylation sites is 3. The van der Waals surface area contributed by atoms with E-state index in [1.54, 1.807) is 12.3 Å². The fourth-order valence-corrected chi connectivity index (χ4v) is 2.76. The Labute approximate surface area is 156 Å². The van der Waals surface area contributed by atoms with Gasteiger partial charge in [-0.15, -0.1) is 0 Å². The van der Waals surface area contributed by atoms with Crippen LogP contribution in [0, 0.1) is 11.3 Å². The summed E-state index contributed by atoms with van der Waals surface area (Å²) in [6.45, 7) is 0.359. The van der Waals surface area contributed by atoms with Gasteiger partial charge in [-0.2, -0.15) is 5.26 Å². The monoisotopic (exact) mass is 352 g/mol. The molecule has 0 bridgehead atoms. The molecule has 0 aliphatic carbocycles. The molecule has 4 rings (SSSR count). The Morgan fingerprint density at radius 2 is 1.85 bits per heavy atom. The van der Waals surface area contributed by atoms with Gasteiger partial charge >= 0.3 is 0 Å². The molecule has 4 aromatic rings. The minimum atomic E-state index is 0.359. The van der Waals surface area contributed by atoms with Gasteiger partial charge in [-0.05, 0) is 36.4 Å². The third-order valence-electron chi connectivity index (χ3n) is 4.09. The van der Waals surface area contributed by atoms with Crippen LogP contribution in [0.5, 0.6) is 5.75 Å². The fraction of sp³-hybridized carbons (Fsp3) is 0.0455. The van der Waals surface area contributed by atoms with Crippen molar-refractivity contribution in [2.45, 2.75) is 6.61 Å². The van der Waals surface area contributed by atoms with Crippen LogP contribution >= 0.6 is 0 Å². The average molecular weight is 352 g/mol. The molecule has 27 heavy (non-hydrogen) atoms. The molecule has 0 fully saturated rings. The minimum absolute atomic E-state index is 0.359. The number of nitrogens with zero attached hydrogens (tertiary/aromatic N) is 3. The largest absolute Gasteiger partial charge is 0.487 e. The summed E-state index contributed by atoms with van der Waals surface area (Å²) >= 11 is 0. The van der Waals surface area contributed by atoms with Crippen LogP contribution in [0.2, 0.25) is 0 Å². The van der Waals surface area contributed by atoms with Gasteiger partial charge < -0.3 is 9.72 Å². The lowest BCUT2D eigenvalue weighted by atomic mass is 10.1. The van der Waals surface area contributed by atoms with Crippen molar-refractivity contribution in [2.24, 2.45) is 0 Å². The number of hydrogen-bond acceptors (Lipinski definition) is 4. The van der Waals surface area contributed by atoms with Gasteiger partial charge in [-0.25, -0.2) is 4.98 Å². The Hall–Kier alpha value is -3.91. The molecule has 0 aliphatic heterocycles. The van der Waals surface area contributed by atoms with E-state index in [0.29, 0.717) is 23.8 Å². The highest BCUT2D eigenvalue weighted by atomic mass is 16.5. The maximum absolute atomic E-state index is 9.64. The molecule has 5 nitrogen and oxygen atoms in total. The van der Waals surface area contributed by atoms with Crippen LogP contribution in [0.4, 0.5) is 0 Å². The molecule has 2 aromatic carbocycles. The zero-order valence-electron chi connectivity index (χ0n) is 14.5. The third kappa shape index (κ3) is 3.70. The summed E-state index contributed by atoms with van der Waals surface area (Å²) in [5, 5.41) is 9.64. The van der Waals surface area contributed by atoms with Crippen LogP contribution in [0.3, 0.4) is 0 Å². The summed E-state index contributed by atoms with van der Waals surface area (Å²) in [4.78, 5) is 12.0. The van der Waals surface area contributed by atoms with E-state index in [4.69, 9.17) is 4.74 Å². The maximum atomic E-state index is 9.64. The number of ether oxygens (including phenoxy) is 1. The molecule has 0 saturated heterocycles. The van der Waals surface area contributed by atoms with Gasteiger partial charge in [0.15, 0.2) is 0 Å². The Morgan fingerprint density at radius 3 is 2.67 bits per heavy atom. The van der Waals surface area contributed by atoms with Gasteiger partial charge in [0.25, 0.3) is 0 Å². The molecule has 0 aliphatic rings. The number of nitriles is 1. The zero-order chi connectivity index (χ0) is 18.5. The molecule has 0 unspecified atom stereocenters. The van der Waals surface area contributed by atoms with Crippen molar-refractivity contribution in [2.75, 3.05) is 0 Å². The van der Waals surface area contributed by atoms with Crippen LogP contribution in [0.1, 0.15) is 17.1 Å². The van der Waals surface area contributed by atoms with E-state index >= 15 is 0 Å². The average Bonchev–Trinajstić information content (AvgIpc) is 3.16. The molecular formula is C22H16N4O. The van der Waals surface area contributed by atoms with Crippen LogP contribution in [0.25, 0.3) is 22.7 Å². The Balaban J connectivity index is 1.64. The van der Waals surface area contributed by atoms with Gasteiger partial charge in [0.1, 0.15) is 24.3 Å². The smallest absolute Gasteiger partial charge is 0.149 e. The summed E-state index contributed by atoms with van der Waals surface area (Å²) in [6, 6.07) is 23.2. The lowest BCUT2D eigenvalue weighted by Crippen LogP contribution is -1.99. The minimum Gasteiger partial charge on any atom is -0.487 e. The molecule has 0 amide bonds. The molecule has 2 aromatic heterocycles. The molecule has 0 saturated carbocycles. The number of aromatic amines is 1. The highest BCUT2D eigenvalue weighted by molar-refractivity contribution is 5.91. The second-order valence-electron chi connectivity index (χ2n) is 5.92. The summed E-state index contributed by atoms with van der Waals surface area (Å²) in [5.41, 5.74) is 3.82. The second kappa shape index (κ2) is 7.54. The number of fused-ring (bicyclic) bond motifs is 1. The number of allylic oxidation sites excluding steroid dienone is 1. The highest BCUT2D eigenvalue weighted by Gasteiger charge is 2.09. The first-order valence-electron chi connectivity index (χ1n) is 8.52. The van der Waals surface area contributed by atoms with Crippen molar-refractivity contribution in [3.8, 4) is 11.8 Å². The first kappa shape index (κ1) is 16.6. The van der Waals surface area contributed by atoms with Crippen molar-refractivity contribution in [1.29, 1.82) is 5.26 Å². The zero-order valence-corrected chi connectivity index (χ0v) is 14.5. The van der Waals surface area contributed by atoms with Gasteiger partial charge in [-0.1, -0.05) is 36.4 Å². The summed E-state index contributed by atoms with van der Waals surface area (Å²) in [5.74, 6) is 1.23.